The van der Waals surface area contributed by atoms with Crippen LogP contribution in [0.1, 0.15) is 109 Å². The Balaban J connectivity index is 1.97. The molecule has 0 aliphatic carbocycles. The zero-order chi connectivity index (χ0) is 21.9. The second kappa shape index (κ2) is 17.8. The topological polar surface area (TPSA) is 46.5 Å². The van der Waals surface area contributed by atoms with E-state index in [0.29, 0.717) is 0 Å². The lowest BCUT2D eigenvalue weighted by Gasteiger charge is -2.06. The maximum Gasteiger partial charge on any atom is 0.339 e. The van der Waals surface area contributed by atoms with Gasteiger partial charge in [0.1, 0.15) is 5.75 Å². The van der Waals surface area contributed by atoms with Crippen LogP contribution >= 0.6 is 0 Å². The Morgan fingerprint density at radius 3 is 1.77 bits per heavy atom. The van der Waals surface area contributed by atoms with Crippen LogP contribution < -0.4 is 4.74 Å². The van der Waals surface area contributed by atoms with Crippen LogP contribution in [0.3, 0.4) is 0 Å². The van der Waals surface area contributed by atoms with Gasteiger partial charge in [-0.05, 0) is 37.1 Å². The van der Waals surface area contributed by atoms with Crippen LogP contribution in [0.2, 0.25) is 0 Å². The summed E-state index contributed by atoms with van der Waals surface area (Å²) >= 11 is 0. The van der Waals surface area contributed by atoms with E-state index in [9.17, 15) is 4.79 Å². The first-order chi connectivity index (χ1) is 14.6. The van der Waals surface area contributed by atoms with Gasteiger partial charge in [-0.15, -0.1) is 5.73 Å². The van der Waals surface area contributed by atoms with E-state index in [1.54, 1.807) is 6.08 Å². The van der Waals surface area contributed by atoms with Gasteiger partial charge in [0.05, 0.1) is 12.2 Å². The molecule has 1 rings (SSSR count). The highest BCUT2D eigenvalue weighted by molar-refractivity contribution is 5.86. The molecular weight excluding hydrogens is 372 g/mol. The number of rotatable bonds is 18. The normalized spacial score (nSPS) is 10.5. The Bertz CT molecular complexity index is 624. The summed E-state index contributed by atoms with van der Waals surface area (Å²) < 4.78 is 5.80. The van der Waals surface area contributed by atoms with Crippen molar-refractivity contribution in [2.75, 3.05) is 6.61 Å². The van der Waals surface area contributed by atoms with Crippen molar-refractivity contribution in [3.63, 3.8) is 0 Å². The number of unbranched alkanes of at least 4 members (excludes halogenated alkanes) is 13. The van der Waals surface area contributed by atoms with Crippen molar-refractivity contribution in [2.45, 2.75) is 104 Å². The molecule has 0 spiro atoms. The van der Waals surface area contributed by atoms with E-state index in [1.165, 1.54) is 90.4 Å². The van der Waals surface area contributed by atoms with Crippen LogP contribution in [0.4, 0.5) is 0 Å². The van der Waals surface area contributed by atoms with E-state index in [2.05, 4.69) is 12.7 Å². The van der Waals surface area contributed by atoms with Crippen LogP contribution in [0.25, 0.3) is 6.08 Å². The monoisotopic (exact) mass is 414 g/mol. The van der Waals surface area contributed by atoms with Crippen molar-refractivity contribution in [3.8, 4) is 5.75 Å². The summed E-state index contributed by atoms with van der Waals surface area (Å²) in [7, 11) is 0. The van der Waals surface area contributed by atoms with Gasteiger partial charge < -0.3 is 9.84 Å². The Morgan fingerprint density at radius 2 is 1.30 bits per heavy atom. The molecule has 0 unspecified atom stereocenters. The van der Waals surface area contributed by atoms with Crippen LogP contribution in [0, 0.1) is 0 Å². The number of ether oxygens (including phenoxy) is 1. The lowest BCUT2D eigenvalue weighted by molar-refractivity contribution is -0.132. The molecule has 0 saturated carbocycles. The van der Waals surface area contributed by atoms with Crippen LogP contribution in [0.5, 0.6) is 5.75 Å². The van der Waals surface area contributed by atoms with Crippen LogP contribution in [-0.2, 0) is 4.79 Å². The first kappa shape index (κ1) is 26.0. The SMILES string of the molecule is CCCCCCCCCCCCCCCCOc1ccc(C=C=C(C)C(=O)O)cc1. The zero-order valence-electron chi connectivity index (χ0n) is 19.3. The van der Waals surface area contributed by atoms with Crippen molar-refractivity contribution >= 4 is 12.0 Å². The summed E-state index contributed by atoms with van der Waals surface area (Å²) in [4.78, 5) is 10.8. The first-order valence-electron chi connectivity index (χ1n) is 12.0. The third-order valence-electron chi connectivity index (χ3n) is 5.42. The molecule has 0 aromatic heterocycles. The van der Waals surface area contributed by atoms with Crippen LogP contribution in [-0.4, -0.2) is 17.7 Å². The fourth-order valence-electron chi connectivity index (χ4n) is 3.40. The Morgan fingerprint density at radius 1 is 0.833 bits per heavy atom. The van der Waals surface area contributed by atoms with E-state index in [0.717, 1.165) is 24.3 Å². The third-order valence-corrected chi connectivity index (χ3v) is 5.42. The van der Waals surface area contributed by atoms with Gasteiger partial charge in [0, 0.05) is 0 Å². The number of hydrogen-bond donors (Lipinski definition) is 1. The second-order valence-electron chi connectivity index (χ2n) is 8.23. The summed E-state index contributed by atoms with van der Waals surface area (Å²) in [5, 5.41) is 8.83. The number of carbonyl (C=O) groups is 1. The predicted octanol–water partition coefficient (Wildman–Crippen LogP) is 8.19. The van der Waals surface area contributed by atoms with Crippen molar-refractivity contribution in [2.24, 2.45) is 0 Å². The minimum Gasteiger partial charge on any atom is -0.494 e. The average Bonchev–Trinajstić information content (AvgIpc) is 2.75. The highest BCUT2D eigenvalue weighted by Crippen LogP contribution is 2.15. The largest absolute Gasteiger partial charge is 0.494 e. The van der Waals surface area contributed by atoms with E-state index in [1.807, 2.05) is 24.3 Å². The van der Waals surface area contributed by atoms with Crippen molar-refractivity contribution in [1.82, 2.24) is 0 Å². The molecule has 0 amide bonds. The minimum absolute atomic E-state index is 0.202. The number of benzene rings is 1. The van der Waals surface area contributed by atoms with E-state index < -0.39 is 5.97 Å². The van der Waals surface area contributed by atoms with Gasteiger partial charge in [-0.2, -0.15) is 0 Å². The lowest BCUT2D eigenvalue weighted by Crippen LogP contribution is -1.97. The first-order valence-corrected chi connectivity index (χ1v) is 12.0. The molecular formula is C27H42O3. The molecule has 0 bridgehead atoms. The summed E-state index contributed by atoms with van der Waals surface area (Å²) in [6.45, 7) is 4.57. The van der Waals surface area contributed by atoms with Gasteiger partial charge in [-0.25, -0.2) is 4.79 Å². The lowest BCUT2D eigenvalue weighted by atomic mass is 10.0. The van der Waals surface area contributed by atoms with Gasteiger partial charge in [0.2, 0.25) is 0 Å². The van der Waals surface area contributed by atoms with Gasteiger partial charge in [0.25, 0.3) is 0 Å². The fraction of sp³-hybridized carbons (Fsp3) is 0.630. The number of carboxylic acids is 1. The molecule has 0 aliphatic rings. The van der Waals surface area contributed by atoms with Crippen LogP contribution in [0.15, 0.2) is 35.6 Å². The average molecular weight is 415 g/mol. The summed E-state index contributed by atoms with van der Waals surface area (Å²) in [5.41, 5.74) is 3.89. The summed E-state index contributed by atoms with van der Waals surface area (Å²) in [5.74, 6) is -0.0832. The number of hydrogen-bond acceptors (Lipinski definition) is 2. The van der Waals surface area contributed by atoms with Gasteiger partial charge in [-0.3, -0.25) is 0 Å². The molecule has 0 radical (unpaired) electrons. The molecule has 1 N–H and O–H groups in total. The minimum atomic E-state index is -0.945. The third kappa shape index (κ3) is 14.1. The Labute approximate surface area is 184 Å². The number of aliphatic carboxylic acids is 1. The fourth-order valence-corrected chi connectivity index (χ4v) is 3.40. The van der Waals surface area contributed by atoms with Gasteiger partial charge in [0.15, 0.2) is 0 Å². The van der Waals surface area contributed by atoms with Crippen molar-refractivity contribution in [3.05, 3.63) is 41.1 Å². The molecule has 0 aliphatic heterocycles. The maximum atomic E-state index is 10.8. The molecule has 3 heteroatoms. The summed E-state index contributed by atoms with van der Waals surface area (Å²) in [6.07, 6.45) is 20.7. The standard InChI is InChI=1S/C27H42O3/c1-3-4-5-6-7-8-9-10-11-12-13-14-15-16-23-30-26-21-19-25(20-22-26)18-17-24(2)27(28)29/h18-22H,3-16,23H2,1-2H3,(H,28,29). The highest BCUT2D eigenvalue weighted by Gasteiger charge is 1.98. The Hall–Kier alpha value is -1.99. The van der Waals surface area contributed by atoms with Crippen molar-refractivity contribution in [1.29, 1.82) is 0 Å². The quantitative estimate of drug-likeness (QED) is 0.150. The summed E-state index contributed by atoms with van der Waals surface area (Å²) in [6, 6.07) is 7.69. The number of carboxylic acid groups (broad SMARTS) is 1. The van der Waals surface area contributed by atoms with E-state index >= 15 is 0 Å². The smallest absolute Gasteiger partial charge is 0.339 e. The van der Waals surface area contributed by atoms with Gasteiger partial charge in [-0.1, -0.05) is 103 Å². The second-order valence-corrected chi connectivity index (χ2v) is 8.23. The van der Waals surface area contributed by atoms with Crippen molar-refractivity contribution < 1.29 is 14.6 Å². The molecule has 3 nitrogen and oxygen atoms in total. The molecule has 1 aromatic rings. The molecule has 0 saturated heterocycles. The highest BCUT2D eigenvalue weighted by atomic mass is 16.5. The zero-order valence-corrected chi connectivity index (χ0v) is 19.3. The molecule has 1 aromatic carbocycles. The van der Waals surface area contributed by atoms with E-state index in [-0.39, 0.29) is 5.57 Å². The molecule has 168 valence electrons. The molecule has 30 heavy (non-hydrogen) atoms. The molecule has 0 fully saturated rings. The van der Waals surface area contributed by atoms with Gasteiger partial charge >= 0.3 is 5.97 Å². The molecule has 0 heterocycles. The predicted molar refractivity (Wildman–Crippen MR) is 127 cm³/mol. The molecule has 0 atom stereocenters. The van der Waals surface area contributed by atoms with E-state index in [4.69, 9.17) is 9.84 Å². The Kier molecular flexibility index (Phi) is 15.5. The maximum absolute atomic E-state index is 10.8.